The van der Waals surface area contributed by atoms with Gasteiger partial charge in [0.2, 0.25) is 5.91 Å². The van der Waals surface area contributed by atoms with Gasteiger partial charge in [0.15, 0.2) is 5.96 Å². The van der Waals surface area contributed by atoms with Crippen molar-refractivity contribution in [2.75, 3.05) is 53.9 Å². The van der Waals surface area contributed by atoms with E-state index in [1.165, 1.54) is 12.8 Å². The van der Waals surface area contributed by atoms with Gasteiger partial charge in [0.1, 0.15) is 18.1 Å². The van der Waals surface area contributed by atoms with Crippen molar-refractivity contribution in [2.24, 2.45) is 4.99 Å². The number of rotatable bonds is 10. The number of hydrogen-bond acceptors (Lipinski definition) is 5. The fourth-order valence-corrected chi connectivity index (χ4v) is 3.85. The molecule has 1 amide bonds. The molecule has 1 aliphatic heterocycles. The van der Waals surface area contributed by atoms with Gasteiger partial charge in [-0.3, -0.25) is 9.69 Å². The summed E-state index contributed by atoms with van der Waals surface area (Å²) in [5.41, 5.74) is 1.16. The van der Waals surface area contributed by atoms with Crippen molar-refractivity contribution in [3.05, 3.63) is 54.0 Å². The molecule has 8 nitrogen and oxygen atoms in total. The standard InChI is InChI=1S/C24H35N5O3/c1-28(2)23(30)18-27-24(25-13-12-19-9-8-16-32-19)26-17-21(29-14-6-7-15-29)20-10-4-5-11-22(20)31-3/h4-5,8-11,16,21H,6-7,12-15,17-18H2,1-3H3,(H2,25,26,27). The number of amides is 1. The summed E-state index contributed by atoms with van der Waals surface area (Å²) in [5, 5.41) is 6.80. The Morgan fingerprint density at radius 1 is 1.19 bits per heavy atom. The number of para-hydroxylation sites is 1. The average Bonchev–Trinajstić information content (AvgIpc) is 3.51. The third-order valence-corrected chi connectivity index (χ3v) is 5.66. The Balaban J connectivity index is 1.70. The Hall–Kier alpha value is -3.00. The molecule has 2 heterocycles. The molecule has 0 saturated carbocycles. The number of carbonyl (C=O) groups is 1. The van der Waals surface area contributed by atoms with Gasteiger partial charge in [-0.1, -0.05) is 18.2 Å². The molecule has 1 aliphatic rings. The SMILES string of the molecule is COc1ccccc1C(CNC(=NCC(=O)N(C)C)NCCc1ccco1)N1CCCC1. The molecule has 1 aromatic carbocycles. The summed E-state index contributed by atoms with van der Waals surface area (Å²) < 4.78 is 11.1. The predicted molar refractivity (Wildman–Crippen MR) is 126 cm³/mol. The summed E-state index contributed by atoms with van der Waals surface area (Å²) in [6.07, 6.45) is 4.81. The largest absolute Gasteiger partial charge is 0.496 e. The summed E-state index contributed by atoms with van der Waals surface area (Å²) in [7, 11) is 5.18. The van der Waals surface area contributed by atoms with Crippen LogP contribution in [0.15, 0.2) is 52.1 Å². The molecule has 1 fully saturated rings. The van der Waals surface area contributed by atoms with Crippen LogP contribution in [0, 0.1) is 0 Å². The summed E-state index contributed by atoms with van der Waals surface area (Å²) >= 11 is 0. The molecule has 174 valence electrons. The van der Waals surface area contributed by atoms with E-state index >= 15 is 0 Å². The van der Waals surface area contributed by atoms with Gasteiger partial charge in [0.05, 0.1) is 19.4 Å². The van der Waals surface area contributed by atoms with Crippen LogP contribution in [0.3, 0.4) is 0 Å². The van der Waals surface area contributed by atoms with E-state index in [-0.39, 0.29) is 18.5 Å². The molecule has 32 heavy (non-hydrogen) atoms. The number of methoxy groups -OCH3 is 1. The number of aliphatic imine (C=N–C) groups is 1. The second-order valence-electron chi connectivity index (χ2n) is 8.09. The van der Waals surface area contributed by atoms with Crippen LogP contribution < -0.4 is 15.4 Å². The molecular formula is C24H35N5O3. The van der Waals surface area contributed by atoms with E-state index in [2.05, 4.69) is 26.6 Å². The molecule has 2 N–H and O–H groups in total. The van der Waals surface area contributed by atoms with Crippen LogP contribution in [0.1, 0.15) is 30.2 Å². The lowest BCUT2D eigenvalue weighted by Gasteiger charge is -2.30. The van der Waals surface area contributed by atoms with Gasteiger partial charge in [0, 0.05) is 39.2 Å². The number of ether oxygens (including phenoxy) is 1. The quantitative estimate of drug-likeness (QED) is 0.435. The normalized spacial score (nSPS) is 15.4. The Labute approximate surface area is 190 Å². The zero-order chi connectivity index (χ0) is 22.8. The summed E-state index contributed by atoms with van der Waals surface area (Å²) in [6, 6.07) is 12.2. The van der Waals surface area contributed by atoms with Gasteiger partial charge in [-0.2, -0.15) is 0 Å². The number of carbonyl (C=O) groups excluding carboxylic acids is 1. The monoisotopic (exact) mass is 441 g/mol. The number of guanidine groups is 1. The maximum Gasteiger partial charge on any atom is 0.243 e. The van der Waals surface area contributed by atoms with Crippen LogP contribution in [0.25, 0.3) is 0 Å². The van der Waals surface area contributed by atoms with Crippen LogP contribution in [0.2, 0.25) is 0 Å². The first kappa shape index (κ1) is 23.7. The fraction of sp³-hybridized carbons (Fsp3) is 0.500. The van der Waals surface area contributed by atoms with Crippen LogP contribution >= 0.6 is 0 Å². The number of hydrogen-bond donors (Lipinski definition) is 2. The minimum atomic E-state index is -0.0436. The zero-order valence-electron chi connectivity index (χ0n) is 19.3. The number of furan rings is 1. The maximum atomic E-state index is 12.1. The summed E-state index contributed by atoms with van der Waals surface area (Å²) in [5.74, 6) is 2.37. The van der Waals surface area contributed by atoms with Gasteiger partial charge in [-0.05, 0) is 44.1 Å². The number of nitrogens with one attached hydrogen (secondary N) is 2. The number of nitrogens with zero attached hydrogens (tertiary/aromatic N) is 3. The molecule has 8 heteroatoms. The summed E-state index contributed by atoms with van der Waals surface area (Å²) in [6.45, 7) is 3.51. The van der Waals surface area contributed by atoms with Crippen LogP contribution in [0.5, 0.6) is 5.75 Å². The van der Waals surface area contributed by atoms with E-state index in [9.17, 15) is 4.79 Å². The molecule has 1 atom stereocenters. The van der Waals surface area contributed by atoms with Gasteiger partial charge in [0.25, 0.3) is 0 Å². The first-order valence-corrected chi connectivity index (χ1v) is 11.2. The lowest BCUT2D eigenvalue weighted by molar-refractivity contribution is -0.127. The first-order valence-electron chi connectivity index (χ1n) is 11.2. The van der Waals surface area contributed by atoms with E-state index in [0.29, 0.717) is 19.0 Å². The van der Waals surface area contributed by atoms with Crippen molar-refractivity contribution in [1.29, 1.82) is 0 Å². The number of likely N-dealkylation sites (tertiary alicyclic amines) is 1. The smallest absolute Gasteiger partial charge is 0.243 e. The van der Waals surface area contributed by atoms with Crippen LogP contribution in [-0.2, 0) is 11.2 Å². The summed E-state index contributed by atoms with van der Waals surface area (Å²) in [4.78, 5) is 20.6. The van der Waals surface area contributed by atoms with Gasteiger partial charge >= 0.3 is 0 Å². The highest BCUT2D eigenvalue weighted by molar-refractivity contribution is 5.84. The Morgan fingerprint density at radius 3 is 2.66 bits per heavy atom. The zero-order valence-corrected chi connectivity index (χ0v) is 19.3. The Morgan fingerprint density at radius 2 is 1.97 bits per heavy atom. The second-order valence-corrected chi connectivity index (χ2v) is 8.09. The average molecular weight is 442 g/mol. The van der Waals surface area contributed by atoms with Crippen molar-refractivity contribution < 1.29 is 13.9 Å². The number of likely N-dealkylation sites (N-methyl/N-ethyl adjacent to an activating group) is 1. The predicted octanol–water partition coefficient (Wildman–Crippen LogP) is 2.29. The highest BCUT2D eigenvalue weighted by atomic mass is 16.5. The molecule has 0 aliphatic carbocycles. The molecule has 1 unspecified atom stereocenters. The molecule has 0 radical (unpaired) electrons. The van der Waals surface area contributed by atoms with Crippen molar-refractivity contribution in [2.45, 2.75) is 25.3 Å². The molecule has 1 aromatic heterocycles. The molecule has 2 aromatic rings. The Bertz CT molecular complexity index is 860. The van der Waals surface area contributed by atoms with Gasteiger partial charge in [-0.15, -0.1) is 0 Å². The van der Waals surface area contributed by atoms with Gasteiger partial charge < -0.3 is 24.7 Å². The van der Waals surface area contributed by atoms with E-state index in [1.54, 1.807) is 32.4 Å². The lowest BCUT2D eigenvalue weighted by atomic mass is 10.0. The van der Waals surface area contributed by atoms with E-state index < -0.39 is 0 Å². The molecule has 0 spiro atoms. The highest BCUT2D eigenvalue weighted by Crippen LogP contribution is 2.31. The van der Waals surface area contributed by atoms with Crippen molar-refractivity contribution in [1.82, 2.24) is 20.4 Å². The minimum absolute atomic E-state index is 0.0436. The van der Waals surface area contributed by atoms with Crippen molar-refractivity contribution in [3.8, 4) is 5.75 Å². The highest BCUT2D eigenvalue weighted by Gasteiger charge is 2.26. The van der Waals surface area contributed by atoms with E-state index in [4.69, 9.17) is 9.15 Å². The first-order chi connectivity index (χ1) is 15.6. The van der Waals surface area contributed by atoms with Crippen LogP contribution in [0.4, 0.5) is 0 Å². The van der Waals surface area contributed by atoms with Crippen molar-refractivity contribution >= 4 is 11.9 Å². The molecule has 1 saturated heterocycles. The third-order valence-electron chi connectivity index (χ3n) is 5.66. The molecule has 0 bridgehead atoms. The fourth-order valence-electron chi connectivity index (χ4n) is 3.85. The van der Waals surface area contributed by atoms with Crippen LogP contribution in [-0.4, -0.2) is 75.6 Å². The third kappa shape index (κ3) is 6.75. The molecule has 3 rings (SSSR count). The van der Waals surface area contributed by atoms with Gasteiger partial charge in [-0.25, -0.2) is 4.99 Å². The number of benzene rings is 1. The van der Waals surface area contributed by atoms with E-state index in [1.807, 2.05) is 30.3 Å². The topological polar surface area (TPSA) is 82.3 Å². The second kappa shape index (κ2) is 12.1. The molecular weight excluding hydrogens is 406 g/mol. The Kier molecular flexibility index (Phi) is 8.98. The van der Waals surface area contributed by atoms with E-state index in [0.717, 1.165) is 36.6 Å². The van der Waals surface area contributed by atoms with Crippen molar-refractivity contribution in [3.63, 3.8) is 0 Å². The maximum absolute atomic E-state index is 12.1. The minimum Gasteiger partial charge on any atom is -0.496 e. The lowest BCUT2D eigenvalue weighted by Crippen LogP contribution is -2.44.